The standard InChI is InChI=1S/C15H13N3OS/c1-2-7-18-14(10-19)9-17-15(18)20-11-13-6-4-3-5-12(13)8-16/h1,3-6,9,19H,7,10-11H2. The smallest absolute Gasteiger partial charge is 0.169 e. The molecule has 2 rings (SSSR count). The number of terminal acetylenes is 1. The second kappa shape index (κ2) is 6.81. The Bertz CT molecular complexity index is 679. The third-order valence-corrected chi connectivity index (χ3v) is 3.85. The van der Waals surface area contributed by atoms with E-state index in [-0.39, 0.29) is 6.61 Å². The zero-order valence-electron chi connectivity index (χ0n) is 10.8. The number of rotatable bonds is 5. The fourth-order valence-electron chi connectivity index (χ4n) is 1.79. The number of benzene rings is 1. The number of aliphatic hydroxyl groups is 1. The van der Waals surface area contributed by atoms with Gasteiger partial charge in [-0.3, -0.25) is 0 Å². The Morgan fingerprint density at radius 1 is 1.40 bits per heavy atom. The highest BCUT2D eigenvalue weighted by Crippen LogP contribution is 2.24. The summed E-state index contributed by atoms with van der Waals surface area (Å²) in [6.45, 7) is 0.280. The zero-order valence-corrected chi connectivity index (χ0v) is 11.6. The fraction of sp³-hybridized carbons (Fsp3) is 0.200. The summed E-state index contributed by atoms with van der Waals surface area (Å²) in [6, 6.07) is 9.64. The average molecular weight is 283 g/mol. The molecule has 20 heavy (non-hydrogen) atoms. The van der Waals surface area contributed by atoms with E-state index in [1.807, 2.05) is 18.2 Å². The summed E-state index contributed by atoms with van der Waals surface area (Å²) >= 11 is 1.50. The fourth-order valence-corrected chi connectivity index (χ4v) is 2.79. The van der Waals surface area contributed by atoms with Crippen LogP contribution >= 0.6 is 11.8 Å². The molecule has 0 radical (unpaired) electrons. The van der Waals surface area contributed by atoms with E-state index in [4.69, 9.17) is 11.7 Å². The molecule has 0 saturated heterocycles. The number of thioether (sulfide) groups is 1. The maximum atomic E-state index is 9.24. The molecule has 0 atom stereocenters. The van der Waals surface area contributed by atoms with E-state index in [0.29, 0.717) is 23.6 Å². The summed E-state index contributed by atoms with van der Waals surface area (Å²) in [7, 11) is 0. The molecule has 4 nitrogen and oxygen atoms in total. The lowest BCUT2D eigenvalue weighted by atomic mass is 10.1. The molecule has 5 heteroatoms. The number of hydrogen-bond acceptors (Lipinski definition) is 4. The van der Waals surface area contributed by atoms with E-state index in [0.717, 1.165) is 10.7 Å². The maximum Gasteiger partial charge on any atom is 0.169 e. The Labute approximate surface area is 122 Å². The maximum absolute atomic E-state index is 9.24. The zero-order chi connectivity index (χ0) is 14.4. The molecular formula is C15H13N3OS. The van der Waals surface area contributed by atoms with Gasteiger partial charge in [-0.1, -0.05) is 35.9 Å². The Kier molecular flexibility index (Phi) is 4.84. The molecular weight excluding hydrogens is 270 g/mol. The molecule has 1 heterocycles. The van der Waals surface area contributed by atoms with Crippen molar-refractivity contribution in [1.29, 1.82) is 5.26 Å². The summed E-state index contributed by atoms with van der Waals surface area (Å²) in [6.07, 6.45) is 6.95. The highest BCUT2D eigenvalue weighted by Gasteiger charge is 2.10. The summed E-state index contributed by atoms with van der Waals surface area (Å²) in [5.74, 6) is 3.19. The average Bonchev–Trinajstić information content (AvgIpc) is 2.88. The molecule has 1 aromatic heterocycles. The molecule has 100 valence electrons. The largest absolute Gasteiger partial charge is 0.390 e. The highest BCUT2D eigenvalue weighted by atomic mass is 32.2. The molecule has 0 aliphatic carbocycles. The van der Waals surface area contributed by atoms with Gasteiger partial charge in [0.25, 0.3) is 0 Å². The van der Waals surface area contributed by atoms with Gasteiger partial charge >= 0.3 is 0 Å². The highest BCUT2D eigenvalue weighted by molar-refractivity contribution is 7.98. The Morgan fingerprint density at radius 2 is 2.20 bits per heavy atom. The molecule has 2 aromatic rings. The summed E-state index contributed by atoms with van der Waals surface area (Å²) in [5.41, 5.74) is 2.32. The van der Waals surface area contributed by atoms with E-state index >= 15 is 0 Å². The van der Waals surface area contributed by atoms with Crippen LogP contribution in [0.3, 0.4) is 0 Å². The second-order valence-corrected chi connectivity index (χ2v) is 4.98. The van der Waals surface area contributed by atoms with Crippen LogP contribution < -0.4 is 0 Å². The van der Waals surface area contributed by atoms with Crippen molar-refractivity contribution in [2.24, 2.45) is 0 Å². The predicted octanol–water partition coefficient (Wildman–Crippen LogP) is 2.17. The number of aliphatic hydroxyl groups excluding tert-OH is 1. The van der Waals surface area contributed by atoms with Crippen LogP contribution in [0.25, 0.3) is 0 Å². The Balaban J connectivity index is 2.17. The quantitative estimate of drug-likeness (QED) is 0.675. The molecule has 0 fully saturated rings. The van der Waals surface area contributed by atoms with E-state index in [9.17, 15) is 5.11 Å². The normalized spacial score (nSPS) is 9.95. The molecule has 0 bridgehead atoms. The van der Waals surface area contributed by atoms with Crippen molar-refractivity contribution in [3.63, 3.8) is 0 Å². The van der Waals surface area contributed by atoms with Crippen LogP contribution in [-0.4, -0.2) is 14.7 Å². The van der Waals surface area contributed by atoms with Gasteiger partial charge in [0, 0.05) is 5.75 Å². The van der Waals surface area contributed by atoms with E-state index in [1.165, 1.54) is 11.8 Å². The van der Waals surface area contributed by atoms with Gasteiger partial charge in [0.05, 0.1) is 36.7 Å². The van der Waals surface area contributed by atoms with E-state index < -0.39 is 0 Å². The van der Waals surface area contributed by atoms with Gasteiger partial charge in [-0.15, -0.1) is 6.42 Å². The topological polar surface area (TPSA) is 61.8 Å². The number of imidazole rings is 1. The van der Waals surface area contributed by atoms with Gasteiger partial charge in [-0.2, -0.15) is 5.26 Å². The molecule has 1 aromatic carbocycles. The van der Waals surface area contributed by atoms with Gasteiger partial charge in [0.1, 0.15) is 0 Å². The molecule has 0 spiro atoms. The first-order valence-electron chi connectivity index (χ1n) is 5.99. The van der Waals surface area contributed by atoms with E-state index in [1.54, 1.807) is 16.8 Å². The first-order chi connectivity index (χ1) is 9.80. The van der Waals surface area contributed by atoms with E-state index in [2.05, 4.69) is 17.0 Å². The minimum absolute atomic E-state index is 0.0932. The SMILES string of the molecule is C#CCn1c(CO)cnc1SCc1ccccc1C#N. The first-order valence-corrected chi connectivity index (χ1v) is 6.98. The van der Waals surface area contributed by atoms with Crippen LogP contribution in [0.1, 0.15) is 16.8 Å². The van der Waals surface area contributed by atoms with Crippen molar-refractivity contribution in [3.8, 4) is 18.4 Å². The lowest BCUT2D eigenvalue weighted by Crippen LogP contribution is -2.03. The molecule has 0 aliphatic heterocycles. The Morgan fingerprint density at radius 3 is 2.90 bits per heavy atom. The van der Waals surface area contributed by atoms with Crippen molar-refractivity contribution in [3.05, 3.63) is 47.3 Å². The van der Waals surface area contributed by atoms with Gasteiger partial charge < -0.3 is 9.67 Å². The van der Waals surface area contributed by atoms with Gasteiger partial charge in [0.15, 0.2) is 5.16 Å². The third kappa shape index (κ3) is 3.03. The van der Waals surface area contributed by atoms with Crippen LogP contribution in [0.2, 0.25) is 0 Å². The molecule has 0 aliphatic rings. The lowest BCUT2D eigenvalue weighted by molar-refractivity contribution is 0.270. The number of nitrogens with zero attached hydrogens (tertiary/aromatic N) is 3. The number of nitriles is 1. The molecule has 0 saturated carbocycles. The lowest BCUT2D eigenvalue weighted by Gasteiger charge is -2.07. The summed E-state index contributed by atoms with van der Waals surface area (Å²) in [4.78, 5) is 4.26. The minimum atomic E-state index is -0.0932. The van der Waals surface area contributed by atoms with Crippen molar-refractivity contribution in [1.82, 2.24) is 9.55 Å². The van der Waals surface area contributed by atoms with Crippen LogP contribution in [0.4, 0.5) is 0 Å². The number of aromatic nitrogens is 2. The first kappa shape index (κ1) is 14.2. The van der Waals surface area contributed by atoms with Gasteiger partial charge in [-0.25, -0.2) is 4.98 Å². The van der Waals surface area contributed by atoms with Crippen molar-refractivity contribution in [2.75, 3.05) is 0 Å². The summed E-state index contributed by atoms with van der Waals surface area (Å²) in [5, 5.41) is 19.1. The van der Waals surface area contributed by atoms with Crippen LogP contribution in [0, 0.1) is 23.7 Å². The second-order valence-electron chi connectivity index (χ2n) is 4.04. The van der Waals surface area contributed by atoms with Gasteiger partial charge in [-0.05, 0) is 11.6 Å². The third-order valence-electron chi connectivity index (χ3n) is 2.81. The van der Waals surface area contributed by atoms with Crippen LogP contribution in [-0.2, 0) is 18.9 Å². The minimum Gasteiger partial charge on any atom is -0.390 e. The van der Waals surface area contributed by atoms with Gasteiger partial charge in [0.2, 0.25) is 0 Å². The van der Waals surface area contributed by atoms with Crippen molar-refractivity contribution < 1.29 is 5.11 Å². The molecule has 1 N–H and O–H groups in total. The van der Waals surface area contributed by atoms with Crippen LogP contribution in [0.5, 0.6) is 0 Å². The predicted molar refractivity (Wildman–Crippen MR) is 77.7 cm³/mol. The van der Waals surface area contributed by atoms with Crippen LogP contribution in [0.15, 0.2) is 35.6 Å². The van der Waals surface area contributed by atoms with Crippen molar-refractivity contribution >= 4 is 11.8 Å². The summed E-state index contributed by atoms with van der Waals surface area (Å²) < 4.78 is 1.81. The monoisotopic (exact) mass is 283 g/mol. The van der Waals surface area contributed by atoms with Crippen molar-refractivity contribution in [2.45, 2.75) is 24.1 Å². The molecule has 0 unspecified atom stereocenters. The Hall–Kier alpha value is -2.21. The number of hydrogen-bond donors (Lipinski definition) is 1. The molecule has 0 amide bonds.